The molecule has 4 heteroatoms. The Morgan fingerprint density at radius 3 is 2.14 bits per heavy atom. The Kier molecular flexibility index (Phi) is 8.68. The Hall–Kier alpha value is -2.17. The minimum Gasteiger partial charge on any atom is -0.348 e. The summed E-state index contributed by atoms with van der Waals surface area (Å²) in [5.74, 6) is -0.00876. The summed E-state index contributed by atoms with van der Waals surface area (Å²) in [7, 11) is 4.07. The summed E-state index contributed by atoms with van der Waals surface area (Å²) < 4.78 is 0. The summed E-state index contributed by atoms with van der Waals surface area (Å²) in [6.07, 6.45) is 0.822. The van der Waals surface area contributed by atoms with Gasteiger partial charge in [-0.05, 0) is 64.2 Å². The van der Waals surface area contributed by atoms with Crippen LogP contribution in [0.1, 0.15) is 42.3 Å². The normalized spacial score (nSPS) is 12.6. The summed E-state index contributed by atoms with van der Waals surface area (Å²) in [5.41, 5.74) is 3.19. The van der Waals surface area contributed by atoms with Gasteiger partial charge in [-0.3, -0.25) is 9.69 Å². The zero-order valence-corrected chi connectivity index (χ0v) is 18.0. The number of carbonyl (C=O) groups excluding carboxylic acids is 1. The molecule has 0 aliphatic carbocycles. The summed E-state index contributed by atoms with van der Waals surface area (Å²) in [5, 5.41) is 3.21. The standard InChI is InChI=1S/C24H35N3O/c1-6-27(19(2)3)17-21-12-14-22(15-13-21)24(28)25-23(18-26(4)5)16-20-10-8-7-9-11-20/h7-15,19,23H,6,16-18H2,1-5H3,(H,25,28). The van der Waals surface area contributed by atoms with Crippen LogP contribution in [-0.2, 0) is 13.0 Å². The maximum absolute atomic E-state index is 12.8. The molecule has 4 nitrogen and oxygen atoms in total. The van der Waals surface area contributed by atoms with Crippen molar-refractivity contribution < 1.29 is 4.79 Å². The van der Waals surface area contributed by atoms with Gasteiger partial charge in [0, 0.05) is 30.7 Å². The molecule has 0 saturated heterocycles. The lowest BCUT2D eigenvalue weighted by molar-refractivity contribution is 0.0930. The number of benzene rings is 2. The van der Waals surface area contributed by atoms with Gasteiger partial charge < -0.3 is 10.2 Å². The summed E-state index contributed by atoms with van der Waals surface area (Å²) in [6.45, 7) is 9.34. The van der Waals surface area contributed by atoms with Gasteiger partial charge in [-0.25, -0.2) is 0 Å². The summed E-state index contributed by atoms with van der Waals surface area (Å²) in [4.78, 5) is 17.3. The molecule has 0 saturated carbocycles. The highest BCUT2D eigenvalue weighted by Crippen LogP contribution is 2.11. The Bertz CT molecular complexity index is 710. The monoisotopic (exact) mass is 381 g/mol. The molecule has 1 atom stereocenters. The highest BCUT2D eigenvalue weighted by atomic mass is 16.1. The lowest BCUT2D eigenvalue weighted by atomic mass is 10.0. The van der Waals surface area contributed by atoms with E-state index < -0.39 is 0 Å². The van der Waals surface area contributed by atoms with Crippen LogP contribution in [0, 0.1) is 0 Å². The lowest BCUT2D eigenvalue weighted by Gasteiger charge is -2.25. The molecule has 0 aliphatic rings. The van der Waals surface area contributed by atoms with Gasteiger partial charge in [0.2, 0.25) is 0 Å². The highest BCUT2D eigenvalue weighted by Gasteiger charge is 2.16. The predicted molar refractivity (Wildman–Crippen MR) is 118 cm³/mol. The minimum absolute atomic E-state index is 0.00876. The van der Waals surface area contributed by atoms with Crippen molar-refractivity contribution in [3.8, 4) is 0 Å². The SMILES string of the molecule is CCN(Cc1ccc(C(=O)NC(Cc2ccccc2)CN(C)C)cc1)C(C)C. The van der Waals surface area contributed by atoms with E-state index in [-0.39, 0.29) is 11.9 Å². The topological polar surface area (TPSA) is 35.6 Å². The van der Waals surface area contributed by atoms with E-state index in [1.165, 1.54) is 11.1 Å². The lowest BCUT2D eigenvalue weighted by Crippen LogP contribution is -2.43. The van der Waals surface area contributed by atoms with E-state index in [1.807, 2.05) is 44.4 Å². The second-order valence-electron chi connectivity index (χ2n) is 7.98. The predicted octanol–water partition coefficient (Wildman–Crippen LogP) is 3.82. The Morgan fingerprint density at radius 1 is 0.964 bits per heavy atom. The second kappa shape index (κ2) is 11.0. The van der Waals surface area contributed by atoms with Gasteiger partial charge in [-0.2, -0.15) is 0 Å². The molecule has 0 radical (unpaired) electrons. The molecular weight excluding hydrogens is 346 g/mol. The first-order valence-electron chi connectivity index (χ1n) is 10.2. The van der Waals surface area contributed by atoms with Crippen molar-refractivity contribution in [3.05, 3.63) is 71.3 Å². The number of rotatable bonds is 10. The first kappa shape index (κ1) is 22.1. The van der Waals surface area contributed by atoms with Crippen molar-refractivity contribution in [2.45, 2.75) is 45.8 Å². The smallest absolute Gasteiger partial charge is 0.251 e. The van der Waals surface area contributed by atoms with Crippen LogP contribution >= 0.6 is 0 Å². The third-order valence-electron chi connectivity index (χ3n) is 4.98. The number of likely N-dealkylation sites (N-methyl/N-ethyl adjacent to an activating group) is 1. The summed E-state index contributed by atoms with van der Waals surface area (Å²) in [6, 6.07) is 18.9. The Morgan fingerprint density at radius 2 is 1.61 bits per heavy atom. The van der Waals surface area contributed by atoms with Crippen molar-refractivity contribution in [2.75, 3.05) is 27.2 Å². The average Bonchev–Trinajstić information content (AvgIpc) is 2.66. The van der Waals surface area contributed by atoms with Crippen molar-refractivity contribution >= 4 is 5.91 Å². The van der Waals surface area contributed by atoms with E-state index in [4.69, 9.17) is 0 Å². The van der Waals surface area contributed by atoms with Crippen molar-refractivity contribution in [1.82, 2.24) is 15.1 Å². The molecule has 0 bridgehead atoms. The molecule has 152 valence electrons. The molecule has 0 heterocycles. The maximum Gasteiger partial charge on any atom is 0.251 e. The van der Waals surface area contributed by atoms with Crippen LogP contribution in [0.25, 0.3) is 0 Å². The van der Waals surface area contributed by atoms with Gasteiger partial charge >= 0.3 is 0 Å². The minimum atomic E-state index is -0.00876. The first-order chi connectivity index (χ1) is 13.4. The van der Waals surface area contributed by atoms with Gasteiger partial charge in [0.05, 0.1) is 0 Å². The molecule has 0 fully saturated rings. The fourth-order valence-corrected chi connectivity index (χ4v) is 3.42. The van der Waals surface area contributed by atoms with Crippen molar-refractivity contribution in [2.24, 2.45) is 0 Å². The number of carbonyl (C=O) groups is 1. The Labute approximate surface area is 170 Å². The van der Waals surface area contributed by atoms with Crippen molar-refractivity contribution in [3.63, 3.8) is 0 Å². The Balaban J connectivity index is 2.02. The molecule has 2 aromatic rings. The molecule has 0 spiro atoms. The third-order valence-corrected chi connectivity index (χ3v) is 4.98. The van der Waals surface area contributed by atoms with E-state index in [0.29, 0.717) is 11.6 Å². The van der Waals surface area contributed by atoms with Crippen LogP contribution in [0.15, 0.2) is 54.6 Å². The summed E-state index contributed by atoms with van der Waals surface area (Å²) >= 11 is 0. The van der Waals surface area contributed by atoms with Gasteiger partial charge in [-0.15, -0.1) is 0 Å². The van der Waals surface area contributed by atoms with E-state index in [0.717, 1.165) is 26.1 Å². The van der Waals surface area contributed by atoms with E-state index in [2.05, 4.69) is 60.2 Å². The molecule has 0 aromatic heterocycles. The molecular formula is C24H35N3O. The fraction of sp³-hybridized carbons (Fsp3) is 0.458. The molecule has 0 aliphatic heterocycles. The second-order valence-corrected chi connectivity index (χ2v) is 7.98. The van der Waals surface area contributed by atoms with E-state index in [9.17, 15) is 4.79 Å². The van der Waals surface area contributed by atoms with Crippen LogP contribution in [-0.4, -0.2) is 55.0 Å². The zero-order valence-electron chi connectivity index (χ0n) is 18.0. The number of hydrogen-bond donors (Lipinski definition) is 1. The van der Waals surface area contributed by atoms with Crippen molar-refractivity contribution in [1.29, 1.82) is 0 Å². The van der Waals surface area contributed by atoms with Crippen LogP contribution < -0.4 is 5.32 Å². The maximum atomic E-state index is 12.8. The van der Waals surface area contributed by atoms with Crippen LogP contribution in [0.4, 0.5) is 0 Å². The van der Waals surface area contributed by atoms with Crippen LogP contribution in [0.3, 0.4) is 0 Å². The van der Waals surface area contributed by atoms with E-state index >= 15 is 0 Å². The van der Waals surface area contributed by atoms with Gasteiger partial charge in [0.25, 0.3) is 5.91 Å². The first-order valence-corrected chi connectivity index (χ1v) is 10.2. The average molecular weight is 382 g/mol. The molecule has 1 unspecified atom stereocenters. The molecule has 1 amide bonds. The number of hydrogen-bond acceptors (Lipinski definition) is 3. The number of nitrogens with zero attached hydrogens (tertiary/aromatic N) is 2. The van der Waals surface area contributed by atoms with E-state index in [1.54, 1.807) is 0 Å². The number of nitrogens with one attached hydrogen (secondary N) is 1. The molecule has 28 heavy (non-hydrogen) atoms. The molecule has 2 rings (SSSR count). The van der Waals surface area contributed by atoms with Crippen LogP contribution in [0.2, 0.25) is 0 Å². The van der Waals surface area contributed by atoms with Gasteiger partial charge in [0.15, 0.2) is 0 Å². The zero-order chi connectivity index (χ0) is 20.5. The largest absolute Gasteiger partial charge is 0.348 e. The van der Waals surface area contributed by atoms with Gasteiger partial charge in [-0.1, -0.05) is 49.4 Å². The molecule has 1 N–H and O–H groups in total. The van der Waals surface area contributed by atoms with Gasteiger partial charge in [0.1, 0.15) is 0 Å². The molecule has 2 aromatic carbocycles. The highest BCUT2D eigenvalue weighted by molar-refractivity contribution is 5.94. The number of amides is 1. The third kappa shape index (κ3) is 7.10. The van der Waals surface area contributed by atoms with Crippen LogP contribution in [0.5, 0.6) is 0 Å². The fourth-order valence-electron chi connectivity index (χ4n) is 3.42. The quantitative estimate of drug-likeness (QED) is 0.680.